The normalized spacial score (nSPS) is 17.9. The smallest absolute Gasteiger partial charge is 0.0458 e. The maximum atomic E-state index is 4.31. The average molecular weight is 267 g/mol. The number of benzene rings is 1. The van der Waals surface area contributed by atoms with E-state index in [9.17, 15) is 0 Å². The minimum atomic E-state index is 0.497. The monoisotopic (exact) mass is 267 g/mol. The molecule has 0 saturated heterocycles. The molecule has 0 saturated carbocycles. The van der Waals surface area contributed by atoms with Crippen LogP contribution in [0.4, 0.5) is 5.69 Å². The van der Waals surface area contributed by atoms with E-state index in [0.29, 0.717) is 6.04 Å². The summed E-state index contributed by atoms with van der Waals surface area (Å²) in [5.41, 5.74) is 5.26. The molecule has 0 bridgehead atoms. The van der Waals surface area contributed by atoms with Crippen LogP contribution in [0.2, 0.25) is 0 Å². The Morgan fingerprint density at radius 2 is 2.05 bits per heavy atom. The topological polar surface area (TPSA) is 28.2 Å². The number of pyridine rings is 1. The highest BCUT2D eigenvalue weighted by Crippen LogP contribution is 2.28. The second-order valence-corrected chi connectivity index (χ2v) is 5.47. The van der Waals surface area contributed by atoms with E-state index in [1.54, 1.807) is 0 Å². The van der Waals surface area contributed by atoms with Gasteiger partial charge in [0.15, 0.2) is 0 Å². The highest BCUT2D eigenvalue weighted by atomic mass is 15.2. The van der Waals surface area contributed by atoms with Gasteiger partial charge in [-0.25, -0.2) is 0 Å². The van der Waals surface area contributed by atoms with Crippen LogP contribution < -0.4 is 10.2 Å². The Morgan fingerprint density at radius 3 is 2.80 bits per heavy atom. The van der Waals surface area contributed by atoms with Gasteiger partial charge in [0.1, 0.15) is 0 Å². The third-order valence-electron chi connectivity index (χ3n) is 4.01. The quantitative estimate of drug-likeness (QED) is 0.926. The zero-order chi connectivity index (χ0) is 13.9. The standard InChI is InChI=1S/C17H21N3/c1-13-9-16(7-8-19-13)20-12-15-6-4-3-5-14(15)10-17(20)11-18-2/h3-9,17-18H,10-12H2,1-2H3. The van der Waals surface area contributed by atoms with Gasteiger partial charge in [-0.3, -0.25) is 4.98 Å². The van der Waals surface area contributed by atoms with E-state index in [1.165, 1.54) is 16.8 Å². The first-order valence-corrected chi connectivity index (χ1v) is 7.18. The molecule has 3 rings (SSSR count). The number of rotatable bonds is 3. The maximum absolute atomic E-state index is 4.31. The van der Waals surface area contributed by atoms with Gasteiger partial charge in [-0.2, -0.15) is 0 Å². The Balaban J connectivity index is 1.96. The first-order chi connectivity index (χ1) is 9.78. The molecule has 1 aliphatic heterocycles. The van der Waals surface area contributed by atoms with Crippen molar-refractivity contribution >= 4 is 5.69 Å². The summed E-state index contributed by atoms with van der Waals surface area (Å²) in [4.78, 5) is 6.80. The lowest BCUT2D eigenvalue weighted by atomic mass is 9.93. The molecule has 104 valence electrons. The Bertz CT molecular complexity index is 594. The molecule has 0 aliphatic carbocycles. The maximum Gasteiger partial charge on any atom is 0.0458 e. The molecular formula is C17H21N3. The third kappa shape index (κ3) is 2.54. The van der Waals surface area contributed by atoms with Crippen LogP contribution in [0.25, 0.3) is 0 Å². The number of nitrogens with one attached hydrogen (secondary N) is 1. The van der Waals surface area contributed by atoms with Gasteiger partial charge in [0.2, 0.25) is 0 Å². The van der Waals surface area contributed by atoms with E-state index < -0.39 is 0 Å². The van der Waals surface area contributed by atoms with Crippen molar-refractivity contribution in [1.29, 1.82) is 0 Å². The number of fused-ring (bicyclic) bond motifs is 1. The van der Waals surface area contributed by atoms with Crippen molar-refractivity contribution < 1.29 is 0 Å². The Kier molecular flexibility index (Phi) is 3.70. The van der Waals surface area contributed by atoms with Crippen molar-refractivity contribution in [3.63, 3.8) is 0 Å². The van der Waals surface area contributed by atoms with Crippen LogP contribution in [0.15, 0.2) is 42.6 Å². The number of likely N-dealkylation sites (N-methyl/N-ethyl adjacent to an activating group) is 1. The van der Waals surface area contributed by atoms with Crippen LogP contribution in [0.1, 0.15) is 16.8 Å². The Hall–Kier alpha value is -1.87. The molecule has 1 aromatic carbocycles. The number of hydrogen-bond donors (Lipinski definition) is 1. The van der Waals surface area contributed by atoms with Gasteiger partial charge in [-0.15, -0.1) is 0 Å². The zero-order valence-corrected chi connectivity index (χ0v) is 12.1. The molecule has 3 nitrogen and oxygen atoms in total. The molecule has 1 N–H and O–H groups in total. The molecule has 1 aromatic heterocycles. The van der Waals surface area contributed by atoms with Crippen LogP contribution in [-0.4, -0.2) is 24.6 Å². The van der Waals surface area contributed by atoms with Crippen molar-refractivity contribution in [2.45, 2.75) is 25.9 Å². The molecule has 1 atom stereocenters. The molecule has 0 amide bonds. The van der Waals surface area contributed by atoms with Crippen molar-refractivity contribution in [3.05, 3.63) is 59.4 Å². The summed E-state index contributed by atoms with van der Waals surface area (Å²) in [7, 11) is 2.02. The minimum Gasteiger partial charge on any atom is -0.362 e. The lowest BCUT2D eigenvalue weighted by molar-refractivity contribution is 0.527. The van der Waals surface area contributed by atoms with Gasteiger partial charge >= 0.3 is 0 Å². The van der Waals surface area contributed by atoms with E-state index in [-0.39, 0.29) is 0 Å². The predicted molar refractivity (Wildman–Crippen MR) is 83.0 cm³/mol. The van der Waals surface area contributed by atoms with Crippen LogP contribution in [0.5, 0.6) is 0 Å². The lowest BCUT2D eigenvalue weighted by Gasteiger charge is -2.38. The van der Waals surface area contributed by atoms with E-state index >= 15 is 0 Å². The van der Waals surface area contributed by atoms with E-state index in [4.69, 9.17) is 0 Å². The first-order valence-electron chi connectivity index (χ1n) is 7.18. The van der Waals surface area contributed by atoms with Gasteiger partial charge in [0.05, 0.1) is 0 Å². The second-order valence-electron chi connectivity index (χ2n) is 5.47. The Labute approximate surface area is 120 Å². The summed E-state index contributed by atoms with van der Waals surface area (Å²) in [6.45, 7) is 4.02. The van der Waals surface area contributed by atoms with Crippen LogP contribution in [0.3, 0.4) is 0 Å². The van der Waals surface area contributed by atoms with Crippen LogP contribution >= 0.6 is 0 Å². The summed E-state index contributed by atoms with van der Waals surface area (Å²) in [5, 5.41) is 3.33. The molecule has 0 radical (unpaired) electrons. The predicted octanol–water partition coefficient (Wildman–Crippen LogP) is 2.54. The molecule has 2 aromatic rings. The summed E-state index contributed by atoms with van der Waals surface area (Å²) in [5.74, 6) is 0. The molecule has 2 heterocycles. The number of nitrogens with zero attached hydrogens (tertiary/aromatic N) is 2. The number of aryl methyl sites for hydroxylation is 1. The molecule has 0 fully saturated rings. The van der Waals surface area contributed by atoms with Crippen LogP contribution in [0, 0.1) is 6.92 Å². The summed E-state index contributed by atoms with van der Waals surface area (Å²) in [6, 6.07) is 13.6. The fourth-order valence-electron chi connectivity index (χ4n) is 3.02. The highest BCUT2D eigenvalue weighted by Gasteiger charge is 2.25. The Morgan fingerprint density at radius 1 is 1.25 bits per heavy atom. The van der Waals surface area contributed by atoms with E-state index in [1.807, 2.05) is 13.2 Å². The van der Waals surface area contributed by atoms with Crippen molar-refractivity contribution in [2.75, 3.05) is 18.5 Å². The van der Waals surface area contributed by atoms with Crippen molar-refractivity contribution in [2.24, 2.45) is 0 Å². The first kappa shape index (κ1) is 13.1. The fourth-order valence-corrected chi connectivity index (χ4v) is 3.02. The number of hydrogen-bond acceptors (Lipinski definition) is 3. The summed E-state index contributed by atoms with van der Waals surface area (Å²) >= 11 is 0. The van der Waals surface area contributed by atoms with E-state index in [2.05, 4.69) is 58.5 Å². The SMILES string of the molecule is CNCC1Cc2ccccc2CN1c1ccnc(C)c1. The van der Waals surface area contributed by atoms with Crippen molar-refractivity contribution in [1.82, 2.24) is 10.3 Å². The molecule has 20 heavy (non-hydrogen) atoms. The fraction of sp³-hybridized carbons (Fsp3) is 0.353. The van der Waals surface area contributed by atoms with Crippen molar-refractivity contribution in [3.8, 4) is 0 Å². The molecule has 1 unspecified atom stereocenters. The third-order valence-corrected chi connectivity index (χ3v) is 4.01. The zero-order valence-electron chi connectivity index (χ0n) is 12.1. The molecule has 1 aliphatic rings. The summed E-state index contributed by atoms with van der Waals surface area (Å²) in [6.07, 6.45) is 3.00. The molecule has 3 heteroatoms. The molecule has 0 spiro atoms. The van der Waals surface area contributed by atoms with E-state index in [0.717, 1.165) is 25.2 Å². The second kappa shape index (κ2) is 5.63. The number of aromatic nitrogens is 1. The van der Waals surface area contributed by atoms with Gasteiger partial charge in [-0.05, 0) is 43.7 Å². The van der Waals surface area contributed by atoms with Gasteiger partial charge in [0, 0.05) is 36.7 Å². The van der Waals surface area contributed by atoms with Gasteiger partial charge in [0.25, 0.3) is 0 Å². The largest absolute Gasteiger partial charge is 0.362 e. The molecular weight excluding hydrogens is 246 g/mol. The average Bonchev–Trinajstić information content (AvgIpc) is 2.47. The lowest BCUT2D eigenvalue weighted by Crippen LogP contribution is -2.45. The van der Waals surface area contributed by atoms with Gasteiger partial charge in [-0.1, -0.05) is 24.3 Å². The number of anilines is 1. The highest BCUT2D eigenvalue weighted by molar-refractivity contribution is 5.51. The van der Waals surface area contributed by atoms with Crippen LogP contribution in [-0.2, 0) is 13.0 Å². The minimum absolute atomic E-state index is 0.497. The summed E-state index contributed by atoms with van der Waals surface area (Å²) < 4.78 is 0. The van der Waals surface area contributed by atoms with Gasteiger partial charge < -0.3 is 10.2 Å².